The highest BCUT2D eigenvalue weighted by molar-refractivity contribution is 9.10. The monoisotopic (exact) mass is 411 g/mol. The quantitative estimate of drug-likeness (QED) is 0.595. The smallest absolute Gasteiger partial charge is 0.295 e. The molecule has 1 aromatic carbocycles. The van der Waals surface area contributed by atoms with Crippen LogP contribution in [0.3, 0.4) is 0 Å². The number of rotatable bonds is 4. The summed E-state index contributed by atoms with van der Waals surface area (Å²) >= 11 is 8.95. The number of carbonyl (C=O) groups is 1. The van der Waals surface area contributed by atoms with Crippen molar-refractivity contribution in [1.82, 2.24) is 0 Å². The Balaban J connectivity index is 2.40. The van der Waals surface area contributed by atoms with Crippen LogP contribution in [0.25, 0.3) is 0 Å². The highest BCUT2D eigenvalue weighted by Gasteiger charge is 2.37. The first-order chi connectivity index (χ1) is 10.1. The minimum absolute atomic E-state index is 0.0380. The van der Waals surface area contributed by atoms with Crippen LogP contribution in [0.4, 0.5) is 11.4 Å². The van der Waals surface area contributed by atoms with Crippen LogP contribution in [0.15, 0.2) is 16.6 Å². The molecule has 2 N–H and O–H groups in total. The van der Waals surface area contributed by atoms with Crippen molar-refractivity contribution in [1.29, 1.82) is 0 Å². The van der Waals surface area contributed by atoms with Gasteiger partial charge in [-0.05, 0) is 22.0 Å². The van der Waals surface area contributed by atoms with E-state index in [0.29, 0.717) is 0 Å². The second-order valence-electron chi connectivity index (χ2n) is 4.92. The van der Waals surface area contributed by atoms with Crippen LogP contribution in [-0.4, -0.2) is 31.5 Å². The van der Waals surface area contributed by atoms with Gasteiger partial charge in [-0.2, -0.15) is 0 Å². The van der Waals surface area contributed by atoms with Gasteiger partial charge in [-0.25, -0.2) is 13.6 Å². The molecule has 0 saturated carbocycles. The molecule has 11 heteroatoms. The van der Waals surface area contributed by atoms with Gasteiger partial charge in [0, 0.05) is 34.4 Å². The lowest BCUT2D eigenvalue weighted by molar-refractivity contribution is -0.384. The molecule has 1 aliphatic rings. The van der Waals surface area contributed by atoms with Crippen molar-refractivity contribution in [2.45, 2.75) is 6.42 Å². The van der Waals surface area contributed by atoms with E-state index < -0.39 is 26.8 Å². The lowest BCUT2D eigenvalue weighted by Crippen LogP contribution is -2.28. The number of benzene rings is 1. The van der Waals surface area contributed by atoms with Crippen molar-refractivity contribution in [3.05, 3.63) is 31.7 Å². The summed E-state index contributed by atoms with van der Waals surface area (Å²) in [5.74, 6) is -1.27. The van der Waals surface area contributed by atoms with E-state index in [-0.39, 0.29) is 39.6 Å². The second kappa shape index (κ2) is 6.11. The standard InChI is InChI=1S/C11H11BrClN3O5S/c12-8-2-7(13)3-9(16(18)19)11(8)15-4-6(1-10(15)17)5-22(14,20)21/h2-3,6H,1,4-5H2,(H2,14,20,21). The molecular formula is C11H11BrClN3O5S. The van der Waals surface area contributed by atoms with Crippen molar-refractivity contribution in [3.8, 4) is 0 Å². The van der Waals surface area contributed by atoms with Crippen LogP contribution < -0.4 is 10.0 Å². The van der Waals surface area contributed by atoms with Gasteiger partial charge in [-0.1, -0.05) is 11.6 Å². The number of anilines is 1. The van der Waals surface area contributed by atoms with Gasteiger partial charge in [-0.3, -0.25) is 14.9 Å². The fraction of sp³-hybridized carbons (Fsp3) is 0.364. The Morgan fingerprint density at radius 1 is 1.50 bits per heavy atom. The minimum Gasteiger partial charge on any atom is -0.305 e. The SMILES string of the molecule is NS(=O)(=O)CC1CC(=O)N(c2c(Br)cc(Cl)cc2[N+](=O)[O-])C1. The zero-order valence-electron chi connectivity index (χ0n) is 11.0. The van der Waals surface area contributed by atoms with Gasteiger partial charge in [0.15, 0.2) is 0 Å². The molecule has 22 heavy (non-hydrogen) atoms. The third-order valence-corrected chi connectivity index (χ3v) is 4.91. The maximum Gasteiger partial charge on any atom is 0.295 e. The van der Waals surface area contributed by atoms with E-state index in [1.54, 1.807) is 0 Å². The number of nitrogens with two attached hydrogens (primary N) is 1. The number of nitro groups is 1. The predicted octanol–water partition coefficient (Wildman–Crippen LogP) is 1.65. The molecule has 1 saturated heterocycles. The molecule has 1 fully saturated rings. The topological polar surface area (TPSA) is 124 Å². The maximum absolute atomic E-state index is 12.1. The van der Waals surface area contributed by atoms with Crippen LogP contribution in [0.2, 0.25) is 5.02 Å². The van der Waals surface area contributed by atoms with E-state index in [2.05, 4.69) is 15.9 Å². The van der Waals surface area contributed by atoms with Crippen molar-refractivity contribution in [2.75, 3.05) is 17.2 Å². The third-order valence-electron chi connectivity index (χ3n) is 3.15. The maximum atomic E-state index is 12.1. The number of hydrogen-bond donors (Lipinski definition) is 1. The summed E-state index contributed by atoms with van der Waals surface area (Å²) in [6, 6.07) is 2.58. The normalized spacial score (nSPS) is 18.8. The Labute approximate surface area is 139 Å². The van der Waals surface area contributed by atoms with Crippen LogP contribution in [-0.2, 0) is 14.8 Å². The van der Waals surface area contributed by atoms with Crippen LogP contribution >= 0.6 is 27.5 Å². The number of carbonyl (C=O) groups excluding carboxylic acids is 1. The Kier molecular flexibility index (Phi) is 4.76. The Bertz CT molecular complexity index is 754. The number of nitro benzene ring substituents is 1. The Morgan fingerprint density at radius 3 is 2.68 bits per heavy atom. The number of nitrogens with zero attached hydrogens (tertiary/aromatic N) is 2. The molecule has 0 aliphatic carbocycles. The summed E-state index contributed by atoms with van der Waals surface area (Å²) in [5.41, 5.74) is -0.264. The first-order valence-corrected chi connectivity index (χ1v) is 8.91. The van der Waals surface area contributed by atoms with Crippen molar-refractivity contribution < 1.29 is 18.1 Å². The molecule has 0 radical (unpaired) electrons. The average molecular weight is 413 g/mol. The molecule has 8 nitrogen and oxygen atoms in total. The van der Waals surface area contributed by atoms with Crippen LogP contribution in [0.1, 0.15) is 6.42 Å². The number of halogens is 2. The number of hydrogen-bond acceptors (Lipinski definition) is 5. The largest absolute Gasteiger partial charge is 0.305 e. The fourth-order valence-electron chi connectivity index (χ4n) is 2.40. The van der Waals surface area contributed by atoms with E-state index in [0.717, 1.165) is 6.07 Å². The van der Waals surface area contributed by atoms with Gasteiger partial charge in [-0.15, -0.1) is 0 Å². The zero-order chi connectivity index (χ0) is 16.7. The minimum atomic E-state index is -3.73. The van der Waals surface area contributed by atoms with E-state index >= 15 is 0 Å². The summed E-state index contributed by atoms with van der Waals surface area (Å²) in [6.07, 6.45) is -0.0390. The van der Waals surface area contributed by atoms with Crippen molar-refractivity contribution in [3.63, 3.8) is 0 Å². The average Bonchev–Trinajstić information content (AvgIpc) is 2.66. The summed E-state index contributed by atoms with van der Waals surface area (Å²) in [5, 5.41) is 16.3. The fourth-order valence-corrected chi connectivity index (χ4v) is 4.29. The zero-order valence-corrected chi connectivity index (χ0v) is 14.2. The molecule has 0 bridgehead atoms. The van der Waals surface area contributed by atoms with Gasteiger partial charge in [0.05, 0.1) is 10.7 Å². The molecule has 1 unspecified atom stereocenters. The molecule has 1 aliphatic heterocycles. The first-order valence-electron chi connectivity index (χ1n) is 6.02. The molecule has 120 valence electrons. The molecular weight excluding hydrogens is 402 g/mol. The molecule has 0 spiro atoms. The van der Waals surface area contributed by atoms with E-state index in [1.807, 2.05) is 0 Å². The summed E-state index contributed by atoms with van der Waals surface area (Å²) in [6.45, 7) is 0.0380. The van der Waals surface area contributed by atoms with Gasteiger partial charge in [0.25, 0.3) is 5.69 Å². The molecule has 2 rings (SSSR count). The van der Waals surface area contributed by atoms with E-state index in [4.69, 9.17) is 16.7 Å². The predicted molar refractivity (Wildman–Crippen MR) is 84.2 cm³/mol. The van der Waals surface area contributed by atoms with Crippen LogP contribution in [0, 0.1) is 16.0 Å². The summed E-state index contributed by atoms with van der Waals surface area (Å²) in [4.78, 5) is 23.8. The second-order valence-corrected chi connectivity index (χ2v) is 7.87. The lowest BCUT2D eigenvalue weighted by Gasteiger charge is -2.18. The molecule has 1 aromatic rings. The summed E-state index contributed by atoms with van der Waals surface area (Å²) in [7, 11) is -3.73. The first kappa shape index (κ1) is 17.1. The lowest BCUT2D eigenvalue weighted by atomic mass is 10.1. The van der Waals surface area contributed by atoms with Gasteiger partial charge >= 0.3 is 0 Å². The van der Waals surface area contributed by atoms with E-state index in [9.17, 15) is 23.3 Å². The van der Waals surface area contributed by atoms with Crippen molar-refractivity contribution >= 4 is 54.8 Å². The Hall–Kier alpha value is -1.23. The number of primary sulfonamides is 1. The van der Waals surface area contributed by atoms with Crippen molar-refractivity contribution in [2.24, 2.45) is 11.1 Å². The molecule has 1 heterocycles. The highest BCUT2D eigenvalue weighted by Crippen LogP contribution is 2.41. The van der Waals surface area contributed by atoms with Gasteiger partial charge in [0.2, 0.25) is 15.9 Å². The molecule has 1 atom stereocenters. The summed E-state index contributed by atoms with van der Waals surface area (Å²) < 4.78 is 22.6. The molecule has 1 amide bonds. The van der Waals surface area contributed by atoms with E-state index in [1.165, 1.54) is 11.0 Å². The number of sulfonamides is 1. The Morgan fingerprint density at radius 2 is 2.14 bits per heavy atom. The highest BCUT2D eigenvalue weighted by atomic mass is 79.9. The van der Waals surface area contributed by atoms with Gasteiger partial charge < -0.3 is 4.90 Å². The number of amides is 1. The van der Waals surface area contributed by atoms with Crippen LogP contribution in [0.5, 0.6) is 0 Å². The van der Waals surface area contributed by atoms with Gasteiger partial charge in [0.1, 0.15) is 5.69 Å². The molecule has 0 aromatic heterocycles. The third kappa shape index (κ3) is 3.75.